The lowest BCUT2D eigenvalue weighted by molar-refractivity contribution is -0.124. The van der Waals surface area contributed by atoms with Gasteiger partial charge in [-0.15, -0.1) is 11.3 Å². The number of nitrogens with zero attached hydrogens (tertiary/aromatic N) is 1. The first-order chi connectivity index (χ1) is 10.6. The van der Waals surface area contributed by atoms with Gasteiger partial charge in [0.1, 0.15) is 5.82 Å². The molecule has 116 valence electrons. The summed E-state index contributed by atoms with van der Waals surface area (Å²) in [6.07, 6.45) is 1.15. The Hall–Kier alpha value is -1.72. The second-order valence-corrected chi connectivity index (χ2v) is 6.61. The van der Waals surface area contributed by atoms with Crippen LogP contribution in [0.5, 0.6) is 5.06 Å². The van der Waals surface area contributed by atoms with E-state index in [2.05, 4.69) is 0 Å². The standard InChI is InChI=1S/C17H18FNO2S/c1-2-14(20)17(12-5-3-4-6-13(12)18)19-8-7-15-11(10-19)9-16(21)22-15/h3-6,9,17,21H,2,7-8,10H2,1H3. The summed E-state index contributed by atoms with van der Waals surface area (Å²) in [5.41, 5.74) is 1.48. The van der Waals surface area contributed by atoms with Gasteiger partial charge in [-0.2, -0.15) is 0 Å². The fourth-order valence-corrected chi connectivity index (χ4v) is 3.93. The quantitative estimate of drug-likeness (QED) is 0.935. The van der Waals surface area contributed by atoms with Gasteiger partial charge in [-0.25, -0.2) is 4.39 Å². The summed E-state index contributed by atoms with van der Waals surface area (Å²) in [4.78, 5) is 15.6. The highest BCUT2D eigenvalue weighted by Gasteiger charge is 2.31. The lowest BCUT2D eigenvalue weighted by atomic mass is 9.96. The molecule has 0 saturated heterocycles. The van der Waals surface area contributed by atoms with Gasteiger partial charge in [0.15, 0.2) is 10.8 Å². The number of Topliss-reactive ketones (excluding diaryl/α,β-unsaturated/α-hetero) is 1. The highest BCUT2D eigenvalue weighted by Crippen LogP contribution is 2.36. The Kier molecular flexibility index (Phi) is 4.27. The second kappa shape index (κ2) is 6.18. The molecule has 2 heterocycles. The van der Waals surface area contributed by atoms with Gasteiger partial charge in [-0.3, -0.25) is 9.69 Å². The molecule has 0 aliphatic carbocycles. The summed E-state index contributed by atoms with van der Waals surface area (Å²) in [6.45, 7) is 3.07. The molecule has 0 saturated carbocycles. The first-order valence-electron chi connectivity index (χ1n) is 7.42. The van der Waals surface area contributed by atoms with E-state index in [9.17, 15) is 14.3 Å². The zero-order valence-corrected chi connectivity index (χ0v) is 13.2. The molecule has 0 amide bonds. The first-order valence-corrected chi connectivity index (χ1v) is 8.23. The van der Waals surface area contributed by atoms with E-state index in [1.165, 1.54) is 17.4 Å². The number of carbonyl (C=O) groups excluding carboxylic acids is 1. The topological polar surface area (TPSA) is 40.5 Å². The Labute approximate surface area is 133 Å². The van der Waals surface area contributed by atoms with Crippen LogP contribution in [0, 0.1) is 5.82 Å². The third kappa shape index (κ3) is 2.78. The number of thiophene rings is 1. The predicted octanol–water partition coefficient (Wildman–Crippen LogP) is 3.67. The number of carbonyl (C=O) groups is 1. The molecule has 1 atom stereocenters. The van der Waals surface area contributed by atoms with Crippen LogP contribution in [0.15, 0.2) is 30.3 Å². The molecule has 1 aliphatic rings. The first kappa shape index (κ1) is 15.2. The van der Waals surface area contributed by atoms with Crippen LogP contribution in [0.25, 0.3) is 0 Å². The fourth-order valence-electron chi connectivity index (χ4n) is 3.02. The summed E-state index contributed by atoms with van der Waals surface area (Å²) < 4.78 is 14.2. The molecule has 3 rings (SSSR count). The minimum Gasteiger partial charge on any atom is -0.499 e. The maximum absolute atomic E-state index is 14.2. The largest absolute Gasteiger partial charge is 0.499 e. The minimum absolute atomic E-state index is 0.0213. The van der Waals surface area contributed by atoms with Crippen LogP contribution in [-0.4, -0.2) is 22.3 Å². The number of hydrogen-bond acceptors (Lipinski definition) is 4. The Morgan fingerprint density at radius 1 is 1.45 bits per heavy atom. The van der Waals surface area contributed by atoms with E-state index in [4.69, 9.17) is 0 Å². The molecule has 0 bridgehead atoms. The van der Waals surface area contributed by atoms with Crippen LogP contribution in [0.2, 0.25) is 0 Å². The zero-order chi connectivity index (χ0) is 15.7. The Balaban J connectivity index is 1.94. The van der Waals surface area contributed by atoms with E-state index < -0.39 is 6.04 Å². The van der Waals surface area contributed by atoms with Crippen LogP contribution in [0.1, 0.15) is 35.4 Å². The minimum atomic E-state index is -0.554. The SMILES string of the molecule is CCC(=O)C(c1ccccc1F)N1CCc2sc(O)cc2C1. The molecule has 3 nitrogen and oxygen atoms in total. The number of hydrogen-bond donors (Lipinski definition) is 1. The molecule has 2 aromatic rings. The second-order valence-electron chi connectivity index (χ2n) is 5.50. The third-order valence-electron chi connectivity index (χ3n) is 4.10. The van der Waals surface area contributed by atoms with Crippen molar-refractivity contribution in [1.82, 2.24) is 4.90 Å². The number of fused-ring (bicyclic) bond motifs is 1. The Morgan fingerprint density at radius 3 is 2.95 bits per heavy atom. The van der Waals surface area contributed by atoms with Crippen molar-refractivity contribution in [2.75, 3.05) is 6.54 Å². The van der Waals surface area contributed by atoms with E-state index in [0.29, 0.717) is 30.1 Å². The van der Waals surface area contributed by atoms with Crippen molar-refractivity contribution in [2.24, 2.45) is 0 Å². The average molecular weight is 319 g/mol. The van der Waals surface area contributed by atoms with Gasteiger partial charge >= 0.3 is 0 Å². The van der Waals surface area contributed by atoms with Crippen molar-refractivity contribution in [2.45, 2.75) is 32.4 Å². The van der Waals surface area contributed by atoms with Crippen LogP contribution < -0.4 is 0 Å². The summed E-state index contributed by atoms with van der Waals surface area (Å²) in [5, 5.41) is 9.94. The third-order valence-corrected chi connectivity index (χ3v) is 5.14. The summed E-state index contributed by atoms with van der Waals surface area (Å²) in [6, 6.07) is 7.69. The lowest BCUT2D eigenvalue weighted by Gasteiger charge is -2.33. The molecular formula is C17H18FNO2S. The van der Waals surface area contributed by atoms with Gasteiger partial charge in [0.2, 0.25) is 0 Å². The van der Waals surface area contributed by atoms with Crippen LogP contribution >= 0.6 is 11.3 Å². The monoisotopic (exact) mass is 319 g/mol. The maximum Gasteiger partial charge on any atom is 0.171 e. The summed E-state index contributed by atoms with van der Waals surface area (Å²) in [5.74, 6) is -0.318. The van der Waals surface area contributed by atoms with Gasteiger partial charge in [-0.05, 0) is 24.1 Å². The molecule has 1 N–H and O–H groups in total. The van der Waals surface area contributed by atoms with E-state index in [0.717, 1.165) is 16.9 Å². The number of ketones is 1. The Morgan fingerprint density at radius 2 is 2.23 bits per heavy atom. The molecule has 1 aliphatic heterocycles. The van der Waals surface area contributed by atoms with Crippen molar-refractivity contribution in [1.29, 1.82) is 0 Å². The number of benzene rings is 1. The predicted molar refractivity (Wildman–Crippen MR) is 84.5 cm³/mol. The molecule has 0 radical (unpaired) electrons. The highest BCUT2D eigenvalue weighted by atomic mass is 32.1. The van der Waals surface area contributed by atoms with E-state index in [1.807, 2.05) is 11.8 Å². The molecule has 1 unspecified atom stereocenters. The molecule has 0 fully saturated rings. The van der Waals surface area contributed by atoms with Crippen molar-refractivity contribution in [3.63, 3.8) is 0 Å². The molecule has 0 spiro atoms. The average Bonchev–Trinajstić information content (AvgIpc) is 2.88. The Bertz CT molecular complexity index is 698. The van der Waals surface area contributed by atoms with Crippen LogP contribution in [-0.2, 0) is 17.8 Å². The number of rotatable bonds is 4. The van der Waals surface area contributed by atoms with Crippen molar-refractivity contribution in [3.8, 4) is 5.06 Å². The molecule has 1 aromatic carbocycles. The smallest absolute Gasteiger partial charge is 0.171 e. The highest BCUT2D eigenvalue weighted by molar-refractivity contribution is 7.13. The van der Waals surface area contributed by atoms with Crippen LogP contribution in [0.4, 0.5) is 4.39 Å². The van der Waals surface area contributed by atoms with Crippen molar-refractivity contribution in [3.05, 3.63) is 52.2 Å². The van der Waals surface area contributed by atoms with Crippen LogP contribution in [0.3, 0.4) is 0 Å². The maximum atomic E-state index is 14.2. The molecule has 5 heteroatoms. The fraction of sp³-hybridized carbons (Fsp3) is 0.353. The number of halogens is 1. The normalized spacial score (nSPS) is 16.3. The van der Waals surface area contributed by atoms with Gasteiger partial charge < -0.3 is 5.11 Å². The van der Waals surface area contributed by atoms with Crippen molar-refractivity contribution >= 4 is 17.1 Å². The zero-order valence-electron chi connectivity index (χ0n) is 12.4. The summed E-state index contributed by atoms with van der Waals surface area (Å²) in [7, 11) is 0. The van der Waals surface area contributed by atoms with Gasteiger partial charge in [0.25, 0.3) is 0 Å². The lowest BCUT2D eigenvalue weighted by Crippen LogP contribution is -2.37. The van der Waals surface area contributed by atoms with Crippen molar-refractivity contribution < 1.29 is 14.3 Å². The summed E-state index contributed by atoms with van der Waals surface area (Å²) >= 11 is 1.39. The molecule has 22 heavy (non-hydrogen) atoms. The van der Waals surface area contributed by atoms with Gasteiger partial charge in [0, 0.05) is 30.0 Å². The molecular weight excluding hydrogens is 301 g/mol. The van der Waals surface area contributed by atoms with E-state index in [-0.39, 0.29) is 11.6 Å². The van der Waals surface area contributed by atoms with Gasteiger partial charge in [-0.1, -0.05) is 25.1 Å². The van der Waals surface area contributed by atoms with Gasteiger partial charge in [0.05, 0.1) is 6.04 Å². The molecule has 1 aromatic heterocycles. The van der Waals surface area contributed by atoms with E-state index in [1.54, 1.807) is 24.3 Å². The number of aromatic hydroxyl groups is 1. The van der Waals surface area contributed by atoms with E-state index >= 15 is 0 Å².